The van der Waals surface area contributed by atoms with E-state index in [1.165, 1.54) is 0 Å². The lowest BCUT2D eigenvalue weighted by molar-refractivity contribution is -0.118. The molecule has 5 nitrogen and oxygen atoms in total. The van der Waals surface area contributed by atoms with Crippen molar-refractivity contribution in [1.29, 1.82) is 0 Å². The fourth-order valence-electron chi connectivity index (χ4n) is 2.21. The number of aliphatic hydroxyl groups is 1. The number of primary amides is 1. The lowest BCUT2D eigenvalue weighted by Gasteiger charge is -2.12. The number of hydrogen-bond acceptors (Lipinski definition) is 3. The molecule has 0 aromatic heterocycles. The average Bonchev–Trinajstić information content (AvgIpc) is 2.47. The van der Waals surface area contributed by atoms with Crippen LogP contribution < -0.4 is 11.1 Å². The lowest BCUT2D eigenvalue weighted by atomic mass is 10.1. The van der Waals surface area contributed by atoms with E-state index in [2.05, 4.69) is 5.32 Å². The minimum absolute atomic E-state index is 0.0851. The molecule has 1 unspecified atom stereocenters. The van der Waals surface area contributed by atoms with Crippen molar-refractivity contribution in [2.45, 2.75) is 19.4 Å². The number of aryl methyl sites for hydroxylation is 1. The number of hydrogen-bond donors (Lipinski definition) is 3. The summed E-state index contributed by atoms with van der Waals surface area (Å²) < 4.78 is 0. The van der Waals surface area contributed by atoms with Crippen LogP contribution >= 0.6 is 11.6 Å². The van der Waals surface area contributed by atoms with Crippen molar-refractivity contribution in [2.75, 3.05) is 5.32 Å². The number of carbonyl (C=O) groups excluding carboxylic acids is 2. The Bertz CT molecular complexity index is 729. The van der Waals surface area contributed by atoms with Crippen LogP contribution in [0.15, 0.2) is 42.5 Å². The Balaban J connectivity index is 2.00. The number of rotatable bonds is 5. The van der Waals surface area contributed by atoms with E-state index in [0.717, 1.165) is 0 Å². The van der Waals surface area contributed by atoms with E-state index >= 15 is 0 Å². The van der Waals surface area contributed by atoms with Gasteiger partial charge in [-0.3, -0.25) is 9.59 Å². The van der Waals surface area contributed by atoms with E-state index in [-0.39, 0.29) is 12.3 Å². The summed E-state index contributed by atoms with van der Waals surface area (Å²) in [6.07, 6.45) is -1.00. The van der Waals surface area contributed by atoms with Crippen molar-refractivity contribution in [3.8, 4) is 0 Å². The molecule has 0 fully saturated rings. The monoisotopic (exact) mass is 332 g/mol. The summed E-state index contributed by atoms with van der Waals surface area (Å²) in [5.74, 6) is -0.850. The van der Waals surface area contributed by atoms with Crippen LogP contribution in [0.5, 0.6) is 0 Å². The summed E-state index contributed by atoms with van der Waals surface area (Å²) in [5.41, 5.74) is 7.48. The summed E-state index contributed by atoms with van der Waals surface area (Å²) in [6.45, 7) is 1.73. The highest BCUT2D eigenvalue weighted by Crippen LogP contribution is 2.20. The van der Waals surface area contributed by atoms with Gasteiger partial charge in [0.25, 0.3) is 0 Å². The highest BCUT2D eigenvalue weighted by Gasteiger charge is 2.14. The van der Waals surface area contributed by atoms with E-state index < -0.39 is 12.0 Å². The van der Waals surface area contributed by atoms with Crippen LogP contribution in [0, 0.1) is 6.92 Å². The van der Waals surface area contributed by atoms with Gasteiger partial charge >= 0.3 is 0 Å². The van der Waals surface area contributed by atoms with Gasteiger partial charge in [0, 0.05) is 16.3 Å². The molecule has 120 valence electrons. The maximum absolute atomic E-state index is 12.0. The molecule has 0 saturated heterocycles. The molecule has 2 aromatic rings. The molecule has 0 spiro atoms. The maximum atomic E-state index is 12.0. The minimum Gasteiger partial charge on any atom is -0.388 e. The number of aliphatic hydroxyl groups excluding tert-OH is 1. The van der Waals surface area contributed by atoms with Crippen LogP contribution in [0.2, 0.25) is 5.02 Å². The van der Waals surface area contributed by atoms with Gasteiger partial charge in [0.05, 0.1) is 12.5 Å². The quantitative estimate of drug-likeness (QED) is 0.786. The third kappa shape index (κ3) is 4.55. The first-order valence-corrected chi connectivity index (χ1v) is 7.38. The largest absolute Gasteiger partial charge is 0.388 e. The van der Waals surface area contributed by atoms with Gasteiger partial charge in [-0.2, -0.15) is 0 Å². The van der Waals surface area contributed by atoms with Gasteiger partial charge in [0.1, 0.15) is 0 Å². The standard InChI is InChI=1S/C17H17ClN2O3/c1-10-8-13(6-7-14(10)17(19)23)20-16(22)9-15(21)11-2-4-12(18)5-3-11/h2-8,15,21H,9H2,1H3,(H2,19,23)(H,20,22). The van der Waals surface area contributed by atoms with E-state index in [9.17, 15) is 14.7 Å². The van der Waals surface area contributed by atoms with Gasteiger partial charge < -0.3 is 16.2 Å². The molecule has 0 aliphatic heterocycles. The summed E-state index contributed by atoms with van der Waals surface area (Å²) in [4.78, 5) is 23.2. The molecule has 2 aromatic carbocycles. The molecule has 6 heteroatoms. The number of nitrogens with one attached hydrogen (secondary N) is 1. The Labute approximate surface area is 139 Å². The zero-order valence-corrected chi connectivity index (χ0v) is 13.3. The highest BCUT2D eigenvalue weighted by molar-refractivity contribution is 6.30. The minimum atomic E-state index is -0.918. The Morgan fingerprint density at radius 2 is 1.87 bits per heavy atom. The smallest absolute Gasteiger partial charge is 0.248 e. The predicted octanol–water partition coefficient (Wildman–Crippen LogP) is 2.81. The van der Waals surface area contributed by atoms with Crippen LogP contribution in [-0.4, -0.2) is 16.9 Å². The third-order valence-corrected chi connectivity index (χ3v) is 3.66. The second kappa shape index (κ2) is 7.26. The molecule has 0 aliphatic carbocycles. The molecule has 0 aliphatic rings. The number of anilines is 1. The van der Waals surface area contributed by atoms with Gasteiger partial charge in [0.2, 0.25) is 11.8 Å². The lowest BCUT2D eigenvalue weighted by Crippen LogP contribution is -2.16. The van der Waals surface area contributed by atoms with Crippen molar-refractivity contribution < 1.29 is 14.7 Å². The zero-order valence-electron chi connectivity index (χ0n) is 12.5. The second-order valence-electron chi connectivity index (χ2n) is 5.21. The highest BCUT2D eigenvalue weighted by atomic mass is 35.5. The molecule has 4 N–H and O–H groups in total. The molecule has 2 amide bonds. The molecule has 1 atom stereocenters. The Hall–Kier alpha value is -2.37. The molecule has 0 saturated carbocycles. The maximum Gasteiger partial charge on any atom is 0.248 e. The van der Waals surface area contributed by atoms with Crippen molar-refractivity contribution in [2.24, 2.45) is 5.73 Å². The van der Waals surface area contributed by atoms with Gasteiger partial charge in [-0.05, 0) is 48.4 Å². The average molecular weight is 333 g/mol. The van der Waals surface area contributed by atoms with Crippen molar-refractivity contribution in [1.82, 2.24) is 0 Å². The van der Waals surface area contributed by atoms with Gasteiger partial charge in [-0.15, -0.1) is 0 Å². The van der Waals surface area contributed by atoms with Crippen LogP contribution in [0.1, 0.15) is 34.0 Å². The number of amides is 2. The van der Waals surface area contributed by atoms with Gasteiger partial charge in [0.15, 0.2) is 0 Å². The van der Waals surface area contributed by atoms with Crippen molar-refractivity contribution in [3.05, 3.63) is 64.2 Å². The predicted molar refractivity (Wildman–Crippen MR) is 89.4 cm³/mol. The number of nitrogens with two attached hydrogens (primary N) is 1. The number of carbonyl (C=O) groups is 2. The fraction of sp³-hybridized carbons (Fsp3) is 0.176. The zero-order chi connectivity index (χ0) is 17.0. The number of halogens is 1. The SMILES string of the molecule is Cc1cc(NC(=O)CC(O)c2ccc(Cl)cc2)ccc1C(N)=O. The molecule has 2 rings (SSSR count). The Morgan fingerprint density at radius 3 is 2.43 bits per heavy atom. The molecule has 23 heavy (non-hydrogen) atoms. The first-order valence-electron chi connectivity index (χ1n) is 7.00. The van der Waals surface area contributed by atoms with Gasteiger partial charge in [-0.25, -0.2) is 0 Å². The molecule has 0 bridgehead atoms. The second-order valence-corrected chi connectivity index (χ2v) is 5.65. The number of benzene rings is 2. The summed E-state index contributed by atoms with van der Waals surface area (Å²) in [5, 5.41) is 13.3. The normalized spacial score (nSPS) is 11.8. The first-order chi connectivity index (χ1) is 10.9. The van der Waals surface area contributed by atoms with Crippen LogP contribution in [0.25, 0.3) is 0 Å². The molecule has 0 heterocycles. The molecular formula is C17H17ClN2O3. The van der Waals surface area contributed by atoms with E-state index in [4.69, 9.17) is 17.3 Å². The van der Waals surface area contributed by atoms with E-state index in [1.54, 1.807) is 49.4 Å². The van der Waals surface area contributed by atoms with Crippen LogP contribution in [0.3, 0.4) is 0 Å². The molecular weight excluding hydrogens is 316 g/mol. The molecule has 0 radical (unpaired) electrons. The van der Waals surface area contributed by atoms with E-state index in [0.29, 0.717) is 27.4 Å². The first kappa shape index (κ1) is 17.0. The summed E-state index contributed by atoms with van der Waals surface area (Å²) in [7, 11) is 0. The van der Waals surface area contributed by atoms with Crippen LogP contribution in [0.4, 0.5) is 5.69 Å². The fourth-order valence-corrected chi connectivity index (χ4v) is 2.33. The van der Waals surface area contributed by atoms with Crippen molar-refractivity contribution in [3.63, 3.8) is 0 Å². The van der Waals surface area contributed by atoms with E-state index in [1.807, 2.05) is 0 Å². The van der Waals surface area contributed by atoms with Crippen LogP contribution in [-0.2, 0) is 4.79 Å². The van der Waals surface area contributed by atoms with Gasteiger partial charge in [-0.1, -0.05) is 23.7 Å². The topological polar surface area (TPSA) is 92.4 Å². The third-order valence-electron chi connectivity index (χ3n) is 3.41. The summed E-state index contributed by atoms with van der Waals surface area (Å²) >= 11 is 5.79. The Morgan fingerprint density at radius 1 is 1.22 bits per heavy atom. The summed E-state index contributed by atoms with van der Waals surface area (Å²) in [6, 6.07) is 11.5. The van der Waals surface area contributed by atoms with Crippen molar-refractivity contribution >= 4 is 29.1 Å². The Kier molecular flexibility index (Phi) is 5.36.